The average Bonchev–Trinajstić information content (AvgIpc) is 2.28. The Hall–Kier alpha value is -1.06. The van der Waals surface area contributed by atoms with Crippen molar-refractivity contribution in [2.24, 2.45) is 0 Å². The topological polar surface area (TPSA) is 43.4 Å². The molecule has 0 spiro atoms. The summed E-state index contributed by atoms with van der Waals surface area (Å²) in [6.07, 6.45) is 0. The standard InChI is InChI=1S/C12H12Cl2O3/c1-7(13)11(15)9-3-5-10(6-4-9)17-12(16)8(2)14/h3-8H,1-2H3/t7-,8+/m1/s1. The predicted octanol–water partition coefficient (Wildman–Crippen LogP) is 3.03. The highest BCUT2D eigenvalue weighted by Gasteiger charge is 2.14. The molecule has 17 heavy (non-hydrogen) atoms. The number of carbonyl (C=O) groups is 2. The lowest BCUT2D eigenvalue weighted by molar-refractivity contribution is -0.133. The van der Waals surface area contributed by atoms with E-state index in [9.17, 15) is 9.59 Å². The van der Waals surface area contributed by atoms with Crippen molar-refractivity contribution in [2.75, 3.05) is 0 Å². The Kier molecular flexibility index (Phi) is 4.97. The number of hydrogen-bond acceptors (Lipinski definition) is 3. The molecule has 0 fully saturated rings. The summed E-state index contributed by atoms with van der Waals surface area (Å²) in [4.78, 5) is 22.7. The maximum atomic E-state index is 11.5. The van der Waals surface area contributed by atoms with E-state index in [1.165, 1.54) is 19.1 Å². The summed E-state index contributed by atoms with van der Waals surface area (Å²) in [6.45, 7) is 3.13. The van der Waals surface area contributed by atoms with Gasteiger partial charge >= 0.3 is 5.97 Å². The van der Waals surface area contributed by atoms with Crippen molar-refractivity contribution in [1.29, 1.82) is 0 Å². The fraction of sp³-hybridized carbons (Fsp3) is 0.333. The minimum Gasteiger partial charge on any atom is -0.425 e. The van der Waals surface area contributed by atoms with Crippen molar-refractivity contribution in [3.05, 3.63) is 29.8 Å². The lowest BCUT2D eigenvalue weighted by Gasteiger charge is -2.06. The first-order valence-electron chi connectivity index (χ1n) is 5.06. The molecule has 1 rings (SSSR count). The number of esters is 1. The Labute approximate surface area is 110 Å². The first kappa shape index (κ1) is 14.0. The number of ether oxygens (including phenoxy) is 1. The van der Waals surface area contributed by atoms with Gasteiger partial charge in [0.25, 0.3) is 0 Å². The molecular formula is C12H12Cl2O3. The lowest BCUT2D eigenvalue weighted by atomic mass is 10.1. The molecule has 0 unspecified atom stereocenters. The third-order valence-electron chi connectivity index (χ3n) is 2.04. The van der Waals surface area contributed by atoms with Crippen LogP contribution in [-0.4, -0.2) is 22.5 Å². The molecule has 0 aliphatic carbocycles. The van der Waals surface area contributed by atoms with Crippen molar-refractivity contribution >= 4 is 35.0 Å². The van der Waals surface area contributed by atoms with Crippen LogP contribution in [0.3, 0.4) is 0 Å². The summed E-state index contributed by atoms with van der Waals surface area (Å²) in [5.74, 6) is -0.354. The number of alkyl halides is 2. The van der Waals surface area contributed by atoms with E-state index in [1.54, 1.807) is 19.1 Å². The van der Waals surface area contributed by atoms with Gasteiger partial charge in [-0.1, -0.05) is 0 Å². The van der Waals surface area contributed by atoms with Gasteiger partial charge in [-0.2, -0.15) is 0 Å². The Morgan fingerprint density at radius 2 is 1.59 bits per heavy atom. The highest BCUT2D eigenvalue weighted by molar-refractivity contribution is 6.33. The van der Waals surface area contributed by atoms with E-state index in [0.717, 1.165) is 0 Å². The number of halogens is 2. The molecule has 0 aromatic heterocycles. The minimum absolute atomic E-state index is 0.171. The van der Waals surface area contributed by atoms with Crippen LogP contribution in [0.4, 0.5) is 0 Å². The second-order valence-corrected chi connectivity index (χ2v) is 4.85. The van der Waals surface area contributed by atoms with Gasteiger partial charge in [-0.05, 0) is 38.1 Å². The number of Topliss-reactive ketones (excluding diaryl/α,β-unsaturated/α-hetero) is 1. The molecule has 0 heterocycles. The van der Waals surface area contributed by atoms with Gasteiger partial charge in [0, 0.05) is 5.56 Å². The van der Waals surface area contributed by atoms with Crippen molar-refractivity contribution in [2.45, 2.75) is 24.6 Å². The van der Waals surface area contributed by atoms with Gasteiger partial charge in [0.15, 0.2) is 5.78 Å². The van der Waals surface area contributed by atoms with Crippen LogP contribution >= 0.6 is 23.2 Å². The third-order valence-corrected chi connectivity index (χ3v) is 2.42. The maximum absolute atomic E-state index is 11.5. The first-order valence-corrected chi connectivity index (χ1v) is 5.93. The minimum atomic E-state index is -0.709. The van der Waals surface area contributed by atoms with Crippen LogP contribution in [0, 0.1) is 0 Å². The predicted molar refractivity (Wildman–Crippen MR) is 67.0 cm³/mol. The summed E-state index contributed by atoms with van der Waals surface area (Å²) in [7, 11) is 0. The largest absolute Gasteiger partial charge is 0.425 e. The fourth-order valence-corrected chi connectivity index (χ4v) is 1.28. The quantitative estimate of drug-likeness (QED) is 0.367. The van der Waals surface area contributed by atoms with Crippen LogP contribution in [0.15, 0.2) is 24.3 Å². The van der Waals surface area contributed by atoms with Crippen molar-refractivity contribution in [1.82, 2.24) is 0 Å². The monoisotopic (exact) mass is 274 g/mol. The molecule has 0 aliphatic rings. The van der Waals surface area contributed by atoms with Gasteiger partial charge in [-0.15, -0.1) is 23.2 Å². The molecule has 0 N–H and O–H groups in total. The van der Waals surface area contributed by atoms with Crippen LogP contribution in [0.25, 0.3) is 0 Å². The zero-order valence-corrected chi connectivity index (χ0v) is 11.0. The molecule has 0 saturated heterocycles. The second kappa shape index (κ2) is 6.03. The lowest BCUT2D eigenvalue weighted by Crippen LogP contribution is -2.17. The van der Waals surface area contributed by atoms with Crippen molar-refractivity contribution in [3.8, 4) is 5.75 Å². The van der Waals surface area contributed by atoms with Crippen molar-refractivity contribution in [3.63, 3.8) is 0 Å². The normalized spacial score (nSPS) is 13.9. The summed E-state index contributed by atoms with van der Waals surface area (Å²) < 4.78 is 4.96. The van der Waals surface area contributed by atoms with E-state index >= 15 is 0 Å². The van der Waals surface area contributed by atoms with Crippen LogP contribution in [0.1, 0.15) is 24.2 Å². The van der Waals surface area contributed by atoms with Crippen LogP contribution in [-0.2, 0) is 4.79 Å². The van der Waals surface area contributed by atoms with Gasteiger partial charge in [0.2, 0.25) is 0 Å². The molecule has 1 aromatic rings. The van der Waals surface area contributed by atoms with E-state index < -0.39 is 16.7 Å². The number of ketones is 1. The molecule has 5 heteroatoms. The van der Waals surface area contributed by atoms with E-state index in [4.69, 9.17) is 27.9 Å². The highest BCUT2D eigenvalue weighted by Crippen LogP contribution is 2.16. The van der Waals surface area contributed by atoms with E-state index in [2.05, 4.69) is 0 Å². The molecule has 92 valence electrons. The molecule has 2 atom stereocenters. The molecule has 0 saturated carbocycles. The Morgan fingerprint density at radius 1 is 1.06 bits per heavy atom. The Balaban J connectivity index is 2.75. The second-order valence-electron chi connectivity index (χ2n) is 3.54. The number of rotatable bonds is 4. The van der Waals surface area contributed by atoms with Gasteiger partial charge in [0.1, 0.15) is 11.1 Å². The summed E-state index contributed by atoms with van der Waals surface area (Å²) in [6, 6.07) is 6.18. The zero-order chi connectivity index (χ0) is 13.0. The van der Waals surface area contributed by atoms with Crippen LogP contribution in [0.5, 0.6) is 5.75 Å². The fourth-order valence-electron chi connectivity index (χ4n) is 1.11. The Bertz CT molecular complexity index is 410. The van der Waals surface area contributed by atoms with Gasteiger partial charge < -0.3 is 4.74 Å². The summed E-state index contributed by atoms with van der Waals surface area (Å²) in [5.41, 5.74) is 0.478. The van der Waals surface area contributed by atoms with E-state index in [0.29, 0.717) is 11.3 Å². The molecule has 0 radical (unpaired) electrons. The van der Waals surface area contributed by atoms with Gasteiger partial charge in [0.05, 0.1) is 5.38 Å². The Morgan fingerprint density at radius 3 is 2.00 bits per heavy atom. The van der Waals surface area contributed by atoms with Crippen molar-refractivity contribution < 1.29 is 14.3 Å². The number of benzene rings is 1. The number of hydrogen-bond donors (Lipinski definition) is 0. The van der Waals surface area contributed by atoms with Crippen LogP contribution < -0.4 is 4.74 Å². The molecule has 0 amide bonds. The maximum Gasteiger partial charge on any atom is 0.329 e. The van der Waals surface area contributed by atoms with E-state index in [1.807, 2.05) is 0 Å². The SMILES string of the molecule is C[C@H](Cl)C(=O)Oc1ccc(C(=O)[C@@H](C)Cl)cc1. The highest BCUT2D eigenvalue weighted by atomic mass is 35.5. The van der Waals surface area contributed by atoms with Gasteiger partial charge in [-0.25, -0.2) is 0 Å². The molecule has 1 aromatic carbocycles. The van der Waals surface area contributed by atoms with Crippen LogP contribution in [0.2, 0.25) is 0 Å². The summed E-state index contributed by atoms with van der Waals surface area (Å²) >= 11 is 11.2. The molecular weight excluding hydrogens is 263 g/mol. The molecule has 3 nitrogen and oxygen atoms in total. The zero-order valence-electron chi connectivity index (χ0n) is 9.44. The van der Waals surface area contributed by atoms with E-state index in [-0.39, 0.29) is 5.78 Å². The third kappa shape index (κ3) is 4.02. The first-order chi connectivity index (χ1) is 7.91. The average molecular weight is 275 g/mol. The molecule has 0 bridgehead atoms. The summed E-state index contributed by atoms with van der Waals surface area (Å²) in [5, 5.41) is -1.29. The number of carbonyl (C=O) groups excluding carboxylic acids is 2. The van der Waals surface area contributed by atoms with Gasteiger partial charge in [-0.3, -0.25) is 9.59 Å². The molecule has 0 aliphatic heterocycles. The smallest absolute Gasteiger partial charge is 0.329 e.